The third kappa shape index (κ3) is 4.34. The highest BCUT2D eigenvalue weighted by atomic mass is 32.1. The normalized spacial score (nSPS) is 11.3. The standard InChI is InChI=1S/C40H27NS/c1-3-9-28(10-4-1)30-15-19-32(20-16-30)34-25-35(33-21-17-31(18-22-33)29-11-5-2-6-12-29)27-36(26-34)41-39-14-8-7-13-37(39)38-23-24-42-40(38)41/h1-27H. The van der Waals surface area contributed by atoms with Gasteiger partial charge in [0.05, 0.1) is 5.52 Å². The fourth-order valence-electron chi connectivity index (χ4n) is 5.99. The highest BCUT2D eigenvalue weighted by molar-refractivity contribution is 7.17. The van der Waals surface area contributed by atoms with E-state index in [-0.39, 0.29) is 0 Å². The van der Waals surface area contributed by atoms with Gasteiger partial charge in [0.1, 0.15) is 4.83 Å². The molecule has 0 aliphatic rings. The minimum Gasteiger partial charge on any atom is -0.301 e. The van der Waals surface area contributed by atoms with Crippen molar-refractivity contribution in [2.75, 3.05) is 0 Å². The second-order valence-corrected chi connectivity index (χ2v) is 11.5. The van der Waals surface area contributed by atoms with Crippen molar-refractivity contribution in [3.05, 3.63) is 163 Å². The molecule has 42 heavy (non-hydrogen) atoms. The van der Waals surface area contributed by atoms with E-state index in [4.69, 9.17) is 0 Å². The number of rotatable bonds is 5. The zero-order valence-electron chi connectivity index (χ0n) is 22.9. The van der Waals surface area contributed by atoms with E-state index < -0.39 is 0 Å². The molecule has 0 saturated heterocycles. The van der Waals surface area contributed by atoms with Crippen LogP contribution in [0.2, 0.25) is 0 Å². The van der Waals surface area contributed by atoms with Crippen molar-refractivity contribution in [2.45, 2.75) is 0 Å². The molecule has 0 saturated carbocycles. The summed E-state index contributed by atoms with van der Waals surface area (Å²) in [5, 5.41) is 4.80. The molecule has 0 amide bonds. The van der Waals surface area contributed by atoms with Gasteiger partial charge in [-0.3, -0.25) is 0 Å². The molecule has 0 unspecified atom stereocenters. The van der Waals surface area contributed by atoms with Crippen LogP contribution in [0.25, 0.3) is 71.3 Å². The molecular weight excluding hydrogens is 527 g/mol. The van der Waals surface area contributed by atoms with E-state index in [9.17, 15) is 0 Å². The van der Waals surface area contributed by atoms with Crippen LogP contribution < -0.4 is 0 Å². The van der Waals surface area contributed by atoms with Gasteiger partial charge >= 0.3 is 0 Å². The Balaban J connectivity index is 1.29. The molecule has 1 nitrogen and oxygen atoms in total. The molecule has 6 aromatic carbocycles. The first-order chi connectivity index (χ1) is 20.8. The van der Waals surface area contributed by atoms with Crippen molar-refractivity contribution in [3.63, 3.8) is 0 Å². The lowest BCUT2D eigenvalue weighted by molar-refractivity contribution is 1.20. The van der Waals surface area contributed by atoms with Gasteiger partial charge in [0.15, 0.2) is 0 Å². The first kappa shape index (κ1) is 24.6. The summed E-state index contributed by atoms with van der Waals surface area (Å²) < 4.78 is 2.43. The molecule has 0 N–H and O–H groups in total. The fourth-order valence-corrected chi connectivity index (χ4v) is 6.93. The van der Waals surface area contributed by atoms with Crippen molar-refractivity contribution >= 4 is 32.5 Å². The molecule has 8 aromatic rings. The van der Waals surface area contributed by atoms with Crippen molar-refractivity contribution in [1.82, 2.24) is 4.57 Å². The number of nitrogens with zero attached hydrogens (tertiary/aromatic N) is 1. The highest BCUT2D eigenvalue weighted by Crippen LogP contribution is 2.38. The Morgan fingerprint density at radius 2 is 0.810 bits per heavy atom. The Labute approximate surface area is 249 Å². The highest BCUT2D eigenvalue weighted by Gasteiger charge is 2.15. The van der Waals surface area contributed by atoms with Crippen LogP contribution in [0.4, 0.5) is 0 Å². The fraction of sp³-hybridized carbons (Fsp3) is 0. The lowest BCUT2D eigenvalue weighted by Gasteiger charge is -2.14. The lowest BCUT2D eigenvalue weighted by Crippen LogP contribution is -1.95. The van der Waals surface area contributed by atoms with Crippen molar-refractivity contribution < 1.29 is 0 Å². The molecule has 198 valence electrons. The molecule has 0 fully saturated rings. The van der Waals surface area contributed by atoms with Crippen molar-refractivity contribution in [1.29, 1.82) is 0 Å². The number of fused-ring (bicyclic) bond motifs is 3. The molecule has 0 bridgehead atoms. The number of benzene rings is 6. The average molecular weight is 554 g/mol. The minimum atomic E-state index is 1.18. The smallest absolute Gasteiger partial charge is 0.108 e. The number of hydrogen-bond donors (Lipinski definition) is 0. The van der Waals surface area contributed by atoms with Crippen LogP contribution >= 0.6 is 11.3 Å². The zero-order valence-corrected chi connectivity index (χ0v) is 23.8. The average Bonchev–Trinajstić information content (AvgIpc) is 3.67. The Hall–Kier alpha value is -5.18. The van der Waals surface area contributed by atoms with Gasteiger partial charge in [-0.05, 0) is 80.2 Å². The minimum absolute atomic E-state index is 1.18. The van der Waals surface area contributed by atoms with Gasteiger partial charge < -0.3 is 4.57 Å². The third-order valence-corrected chi connectivity index (χ3v) is 9.01. The van der Waals surface area contributed by atoms with Crippen LogP contribution in [-0.2, 0) is 0 Å². The van der Waals surface area contributed by atoms with Gasteiger partial charge in [-0.2, -0.15) is 0 Å². The molecule has 2 heterocycles. The van der Waals surface area contributed by atoms with Gasteiger partial charge in [0.25, 0.3) is 0 Å². The monoisotopic (exact) mass is 553 g/mol. The summed E-state index contributed by atoms with van der Waals surface area (Å²) in [5.41, 5.74) is 12.2. The van der Waals surface area contributed by atoms with Crippen LogP contribution in [0.15, 0.2) is 163 Å². The predicted molar refractivity (Wildman–Crippen MR) is 180 cm³/mol. The van der Waals surface area contributed by atoms with Gasteiger partial charge in [-0.1, -0.05) is 127 Å². The van der Waals surface area contributed by atoms with Crippen LogP contribution in [-0.4, -0.2) is 4.57 Å². The summed E-state index contributed by atoms with van der Waals surface area (Å²) in [6.07, 6.45) is 0. The van der Waals surface area contributed by atoms with Crippen LogP contribution in [0, 0.1) is 0 Å². The van der Waals surface area contributed by atoms with E-state index in [0.717, 1.165) is 0 Å². The second kappa shape index (κ2) is 10.3. The Morgan fingerprint density at radius 3 is 1.36 bits per heavy atom. The topological polar surface area (TPSA) is 4.93 Å². The number of aromatic nitrogens is 1. The van der Waals surface area contributed by atoms with Crippen LogP contribution in [0.5, 0.6) is 0 Å². The third-order valence-electron chi connectivity index (χ3n) is 8.11. The summed E-state index contributed by atoms with van der Waals surface area (Å²) >= 11 is 1.80. The first-order valence-corrected chi connectivity index (χ1v) is 15.1. The second-order valence-electron chi connectivity index (χ2n) is 10.6. The van der Waals surface area contributed by atoms with E-state index in [2.05, 4.69) is 168 Å². The SMILES string of the molecule is c1ccc(-c2ccc(-c3cc(-c4ccc(-c5ccccc5)cc4)cc(-n4c5ccccc5c5ccsc54)c3)cc2)cc1. The molecule has 0 aliphatic carbocycles. The van der Waals surface area contributed by atoms with E-state index in [1.54, 1.807) is 11.3 Å². The predicted octanol–water partition coefficient (Wildman–Crippen LogP) is 11.5. The number of para-hydroxylation sites is 1. The largest absolute Gasteiger partial charge is 0.301 e. The van der Waals surface area contributed by atoms with Crippen molar-refractivity contribution in [3.8, 4) is 50.2 Å². The Bertz CT molecular complexity index is 2050. The lowest BCUT2D eigenvalue weighted by atomic mass is 9.95. The van der Waals surface area contributed by atoms with Gasteiger partial charge in [0, 0.05) is 16.5 Å². The molecule has 0 aliphatic heterocycles. The molecule has 8 rings (SSSR count). The molecule has 2 aromatic heterocycles. The summed E-state index contributed by atoms with van der Waals surface area (Å²) in [4.78, 5) is 1.28. The maximum Gasteiger partial charge on any atom is 0.108 e. The van der Waals surface area contributed by atoms with Gasteiger partial charge in [-0.15, -0.1) is 11.3 Å². The zero-order chi connectivity index (χ0) is 27.9. The summed E-state index contributed by atoms with van der Waals surface area (Å²) in [6, 6.07) is 57.0. The maximum atomic E-state index is 2.43. The van der Waals surface area contributed by atoms with E-state index >= 15 is 0 Å². The molecule has 2 heteroatoms. The summed E-state index contributed by atoms with van der Waals surface area (Å²) in [5.74, 6) is 0. The molecule has 0 radical (unpaired) electrons. The van der Waals surface area contributed by atoms with Crippen LogP contribution in [0.1, 0.15) is 0 Å². The molecular formula is C40H27NS. The summed E-state index contributed by atoms with van der Waals surface area (Å²) in [7, 11) is 0. The van der Waals surface area contributed by atoms with Gasteiger partial charge in [0.2, 0.25) is 0 Å². The summed E-state index contributed by atoms with van der Waals surface area (Å²) in [6.45, 7) is 0. The van der Waals surface area contributed by atoms with E-state index in [1.165, 1.54) is 71.3 Å². The quantitative estimate of drug-likeness (QED) is 0.200. The Morgan fingerprint density at radius 1 is 0.357 bits per heavy atom. The molecule has 0 spiro atoms. The van der Waals surface area contributed by atoms with Crippen LogP contribution in [0.3, 0.4) is 0 Å². The van der Waals surface area contributed by atoms with E-state index in [0.29, 0.717) is 0 Å². The van der Waals surface area contributed by atoms with Gasteiger partial charge in [-0.25, -0.2) is 0 Å². The maximum absolute atomic E-state index is 2.43. The first-order valence-electron chi connectivity index (χ1n) is 14.3. The van der Waals surface area contributed by atoms with Crippen molar-refractivity contribution in [2.24, 2.45) is 0 Å². The Kier molecular flexibility index (Phi) is 6.05. The van der Waals surface area contributed by atoms with E-state index in [1.807, 2.05) is 0 Å². The number of thiophene rings is 1. The number of hydrogen-bond acceptors (Lipinski definition) is 1. The molecule has 0 atom stereocenters.